The SMILES string of the molecule is CCOC(=O)C1CCCCN1c1nccc2c(Br)cc(C)cc12. The zero-order chi connectivity index (χ0) is 16.4. The molecule has 0 spiro atoms. The summed E-state index contributed by atoms with van der Waals surface area (Å²) in [5, 5.41) is 2.20. The Balaban J connectivity index is 2.08. The molecule has 0 radical (unpaired) electrons. The van der Waals surface area contributed by atoms with Gasteiger partial charge in [-0.1, -0.05) is 15.9 Å². The van der Waals surface area contributed by atoms with E-state index < -0.39 is 0 Å². The number of ether oxygens (including phenoxy) is 1. The van der Waals surface area contributed by atoms with Crippen molar-refractivity contribution in [2.24, 2.45) is 0 Å². The van der Waals surface area contributed by atoms with Crippen molar-refractivity contribution in [3.8, 4) is 0 Å². The smallest absolute Gasteiger partial charge is 0.328 e. The zero-order valence-electron chi connectivity index (χ0n) is 13.5. The second-order valence-electron chi connectivity index (χ2n) is 5.93. The highest BCUT2D eigenvalue weighted by Gasteiger charge is 2.31. The molecule has 1 aliphatic rings. The number of hydrogen-bond acceptors (Lipinski definition) is 4. The lowest BCUT2D eigenvalue weighted by molar-refractivity contribution is -0.145. The number of esters is 1. The summed E-state index contributed by atoms with van der Waals surface area (Å²) in [5.41, 5.74) is 1.17. The van der Waals surface area contributed by atoms with Crippen molar-refractivity contribution in [3.63, 3.8) is 0 Å². The van der Waals surface area contributed by atoms with Crippen molar-refractivity contribution in [2.45, 2.75) is 39.2 Å². The Kier molecular flexibility index (Phi) is 4.85. The molecule has 1 aromatic carbocycles. The molecule has 0 N–H and O–H groups in total. The van der Waals surface area contributed by atoms with Crippen molar-refractivity contribution < 1.29 is 9.53 Å². The summed E-state index contributed by atoms with van der Waals surface area (Å²) in [6.07, 6.45) is 4.76. The molecule has 4 nitrogen and oxygen atoms in total. The van der Waals surface area contributed by atoms with Crippen molar-refractivity contribution in [2.75, 3.05) is 18.1 Å². The largest absolute Gasteiger partial charge is 0.464 e. The van der Waals surface area contributed by atoms with Crippen LogP contribution in [0.1, 0.15) is 31.7 Å². The second kappa shape index (κ2) is 6.87. The van der Waals surface area contributed by atoms with Crippen LogP contribution in [0.5, 0.6) is 0 Å². The number of pyridine rings is 1. The fraction of sp³-hybridized carbons (Fsp3) is 0.444. The van der Waals surface area contributed by atoms with Gasteiger partial charge in [0.15, 0.2) is 0 Å². The first-order valence-electron chi connectivity index (χ1n) is 8.10. The molecular weight excluding hydrogens is 356 g/mol. The predicted molar refractivity (Wildman–Crippen MR) is 95.8 cm³/mol. The summed E-state index contributed by atoms with van der Waals surface area (Å²) in [6, 6.07) is 6.01. The number of rotatable bonds is 3. The topological polar surface area (TPSA) is 42.4 Å². The normalized spacial score (nSPS) is 18.2. The Labute approximate surface area is 145 Å². The maximum atomic E-state index is 12.4. The third-order valence-electron chi connectivity index (χ3n) is 4.29. The average molecular weight is 377 g/mol. The molecule has 0 bridgehead atoms. The van der Waals surface area contributed by atoms with E-state index in [1.54, 1.807) is 0 Å². The second-order valence-corrected chi connectivity index (χ2v) is 6.79. The minimum absolute atomic E-state index is 0.141. The summed E-state index contributed by atoms with van der Waals surface area (Å²) >= 11 is 3.64. The first kappa shape index (κ1) is 16.2. The van der Waals surface area contributed by atoms with E-state index in [2.05, 4.69) is 44.9 Å². The maximum Gasteiger partial charge on any atom is 0.328 e. The van der Waals surface area contributed by atoms with Gasteiger partial charge in [0, 0.05) is 28.0 Å². The average Bonchev–Trinajstić information content (AvgIpc) is 2.54. The summed E-state index contributed by atoms with van der Waals surface area (Å²) < 4.78 is 6.33. The third kappa shape index (κ3) is 3.20. The predicted octanol–water partition coefficient (Wildman–Crippen LogP) is 4.23. The van der Waals surface area contributed by atoms with Crippen molar-refractivity contribution in [3.05, 3.63) is 34.4 Å². The highest BCUT2D eigenvalue weighted by molar-refractivity contribution is 9.10. The first-order chi connectivity index (χ1) is 11.1. The number of halogens is 1. The van der Waals surface area contributed by atoms with Gasteiger partial charge in [-0.2, -0.15) is 0 Å². The van der Waals surface area contributed by atoms with Gasteiger partial charge in [-0.05, 0) is 56.9 Å². The van der Waals surface area contributed by atoms with Crippen molar-refractivity contribution in [1.29, 1.82) is 0 Å². The number of aryl methyl sites for hydroxylation is 1. The molecule has 1 aliphatic heterocycles. The van der Waals surface area contributed by atoms with Crippen LogP contribution in [0.15, 0.2) is 28.9 Å². The van der Waals surface area contributed by atoms with E-state index in [0.717, 1.165) is 46.9 Å². The highest BCUT2D eigenvalue weighted by Crippen LogP contribution is 2.34. The van der Waals surface area contributed by atoms with Gasteiger partial charge in [-0.25, -0.2) is 9.78 Å². The van der Waals surface area contributed by atoms with E-state index in [1.165, 1.54) is 5.56 Å². The monoisotopic (exact) mass is 376 g/mol. The fourth-order valence-corrected chi connectivity index (χ4v) is 3.96. The Bertz CT molecular complexity index is 732. The van der Waals surface area contributed by atoms with E-state index in [1.807, 2.05) is 19.2 Å². The number of piperidine rings is 1. The van der Waals surface area contributed by atoms with Crippen LogP contribution in [0.3, 0.4) is 0 Å². The number of carbonyl (C=O) groups excluding carboxylic acids is 1. The molecule has 3 rings (SSSR count). The molecule has 1 aromatic heterocycles. The number of aromatic nitrogens is 1. The van der Waals surface area contributed by atoms with Gasteiger partial charge in [0.1, 0.15) is 11.9 Å². The molecule has 1 saturated heterocycles. The number of anilines is 1. The number of benzene rings is 1. The van der Waals surface area contributed by atoms with Crippen molar-refractivity contribution >= 4 is 38.5 Å². The van der Waals surface area contributed by atoms with Crippen molar-refractivity contribution in [1.82, 2.24) is 4.98 Å². The molecule has 0 amide bonds. The lowest BCUT2D eigenvalue weighted by Gasteiger charge is -2.35. The summed E-state index contributed by atoms with van der Waals surface area (Å²) in [7, 11) is 0. The molecule has 1 unspecified atom stereocenters. The molecule has 0 aliphatic carbocycles. The van der Waals surface area contributed by atoms with E-state index in [-0.39, 0.29) is 12.0 Å². The summed E-state index contributed by atoms with van der Waals surface area (Å²) in [6.45, 7) is 5.17. The minimum atomic E-state index is -0.235. The Morgan fingerprint density at radius 3 is 3.00 bits per heavy atom. The standard InChI is InChI=1S/C18H21BrN2O2/c1-3-23-18(22)16-6-4-5-9-21(16)17-14-10-12(2)11-15(19)13(14)7-8-20-17/h7-8,10-11,16H,3-6,9H2,1-2H3. The van der Waals surface area contributed by atoms with Crippen LogP contribution >= 0.6 is 15.9 Å². The summed E-state index contributed by atoms with van der Waals surface area (Å²) in [5.74, 6) is 0.738. The first-order valence-corrected chi connectivity index (χ1v) is 8.89. The lowest BCUT2D eigenvalue weighted by atomic mass is 10.0. The van der Waals surface area contributed by atoms with Gasteiger partial charge in [0.2, 0.25) is 0 Å². The van der Waals surface area contributed by atoms with E-state index >= 15 is 0 Å². The van der Waals surface area contributed by atoms with Gasteiger partial charge in [0.05, 0.1) is 6.61 Å². The van der Waals surface area contributed by atoms with Crippen LogP contribution in [0, 0.1) is 6.92 Å². The van der Waals surface area contributed by atoms with E-state index in [0.29, 0.717) is 6.61 Å². The molecule has 2 aromatic rings. The molecular formula is C18H21BrN2O2. The number of fused-ring (bicyclic) bond motifs is 1. The molecule has 1 atom stereocenters. The van der Waals surface area contributed by atoms with Gasteiger partial charge in [-0.3, -0.25) is 0 Å². The minimum Gasteiger partial charge on any atom is -0.464 e. The number of carbonyl (C=O) groups is 1. The molecule has 2 heterocycles. The Hall–Kier alpha value is -1.62. The lowest BCUT2D eigenvalue weighted by Crippen LogP contribution is -2.46. The summed E-state index contributed by atoms with van der Waals surface area (Å²) in [4.78, 5) is 19.1. The molecule has 122 valence electrons. The van der Waals surface area contributed by atoms with E-state index in [9.17, 15) is 4.79 Å². The fourth-order valence-electron chi connectivity index (χ4n) is 3.26. The van der Waals surface area contributed by atoms with Crippen LogP contribution < -0.4 is 4.90 Å². The third-order valence-corrected chi connectivity index (χ3v) is 4.94. The van der Waals surface area contributed by atoms with Crippen LogP contribution in [0.25, 0.3) is 10.8 Å². The number of nitrogens with zero attached hydrogens (tertiary/aromatic N) is 2. The van der Waals surface area contributed by atoms with Crippen LogP contribution in [0.2, 0.25) is 0 Å². The molecule has 1 fully saturated rings. The Morgan fingerprint density at radius 2 is 2.22 bits per heavy atom. The van der Waals surface area contributed by atoms with Gasteiger partial charge < -0.3 is 9.64 Å². The van der Waals surface area contributed by atoms with Gasteiger partial charge >= 0.3 is 5.97 Å². The van der Waals surface area contributed by atoms with E-state index in [4.69, 9.17) is 4.74 Å². The van der Waals surface area contributed by atoms with Crippen LogP contribution in [-0.2, 0) is 9.53 Å². The number of hydrogen-bond donors (Lipinski definition) is 0. The molecule has 5 heteroatoms. The van der Waals surface area contributed by atoms with Crippen LogP contribution in [-0.4, -0.2) is 30.1 Å². The maximum absolute atomic E-state index is 12.4. The zero-order valence-corrected chi connectivity index (χ0v) is 15.1. The molecule has 0 saturated carbocycles. The Morgan fingerprint density at radius 1 is 1.39 bits per heavy atom. The quantitative estimate of drug-likeness (QED) is 0.751. The van der Waals surface area contributed by atoms with Gasteiger partial charge in [-0.15, -0.1) is 0 Å². The van der Waals surface area contributed by atoms with Crippen LogP contribution in [0.4, 0.5) is 5.82 Å². The van der Waals surface area contributed by atoms with Gasteiger partial charge in [0.25, 0.3) is 0 Å². The molecule has 23 heavy (non-hydrogen) atoms. The highest BCUT2D eigenvalue weighted by atomic mass is 79.9.